The molecular weight excluding hydrogens is 326 g/mol. The molecule has 6 nitrogen and oxygen atoms in total. The second-order valence-electron chi connectivity index (χ2n) is 5.92. The number of aliphatic imine (C=N–C) groups is 1. The molecule has 24 heavy (non-hydrogen) atoms. The largest absolute Gasteiger partial charge is 0.378 e. The van der Waals surface area contributed by atoms with E-state index in [1.807, 2.05) is 0 Å². The Hall–Kier alpha value is -1.60. The third-order valence-corrected chi connectivity index (χ3v) is 4.77. The quantitative estimate of drug-likeness (QED) is 0.451. The summed E-state index contributed by atoms with van der Waals surface area (Å²) in [6, 6.07) is 8.51. The van der Waals surface area contributed by atoms with Gasteiger partial charge in [0.15, 0.2) is 5.96 Å². The number of benzene rings is 1. The molecule has 2 rings (SSSR count). The third-order valence-electron chi connectivity index (χ3n) is 3.86. The van der Waals surface area contributed by atoms with Crippen LogP contribution in [0.3, 0.4) is 0 Å². The maximum atomic E-state index is 11.0. The molecule has 0 spiro atoms. The zero-order valence-corrected chi connectivity index (χ0v) is 15.3. The third kappa shape index (κ3) is 6.13. The van der Waals surface area contributed by atoms with Gasteiger partial charge in [-0.3, -0.25) is 4.99 Å². The summed E-state index contributed by atoms with van der Waals surface area (Å²) < 4.78 is 27.4. The fourth-order valence-electron chi connectivity index (χ4n) is 2.63. The first-order valence-electron chi connectivity index (χ1n) is 8.35. The number of hydrogen-bond acceptors (Lipinski definition) is 4. The average molecular weight is 353 g/mol. The van der Waals surface area contributed by atoms with Crippen molar-refractivity contribution in [2.24, 2.45) is 4.99 Å². The number of hydrogen-bond donors (Lipinski definition) is 1. The Balaban J connectivity index is 1.85. The second-order valence-corrected chi connectivity index (χ2v) is 8.18. The van der Waals surface area contributed by atoms with E-state index in [0.29, 0.717) is 13.2 Å². The highest BCUT2D eigenvalue weighted by atomic mass is 32.2. The van der Waals surface area contributed by atoms with Crippen LogP contribution in [0.1, 0.15) is 18.1 Å². The number of fused-ring (bicyclic) bond motifs is 1. The van der Waals surface area contributed by atoms with Crippen LogP contribution in [0.2, 0.25) is 0 Å². The lowest BCUT2D eigenvalue weighted by molar-refractivity contribution is 0.157. The number of nitrogens with zero attached hydrogens (tertiary/aromatic N) is 2. The molecular formula is C17H27N3O3S. The van der Waals surface area contributed by atoms with Gasteiger partial charge in [-0.15, -0.1) is 0 Å². The number of nitrogens with one attached hydrogen (secondary N) is 1. The van der Waals surface area contributed by atoms with Gasteiger partial charge in [-0.1, -0.05) is 24.3 Å². The number of guanidine groups is 1. The van der Waals surface area contributed by atoms with E-state index in [-0.39, 0.29) is 12.4 Å². The summed E-state index contributed by atoms with van der Waals surface area (Å²) in [6.45, 7) is 5.83. The molecule has 0 amide bonds. The van der Waals surface area contributed by atoms with Crippen LogP contribution in [-0.4, -0.2) is 64.1 Å². The second kappa shape index (κ2) is 9.03. The zero-order chi connectivity index (χ0) is 17.4. The molecule has 1 aromatic rings. The van der Waals surface area contributed by atoms with E-state index in [1.54, 1.807) is 0 Å². The van der Waals surface area contributed by atoms with Gasteiger partial charge in [0.1, 0.15) is 9.84 Å². The van der Waals surface area contributed by atoms with Gasteiger partial charge in [0.2, 0.25) is 0 Å². The van der Waals surface area contributed by atoms with Crippen LogP contribution >= 0.6 is 0 Å². The van der Waals surface area contributed by atoms with Crippen LogP contribution in [0.4, 0.5) is 0 Å². The molecule has 7 heteroatoms. The van der Waals surface area contributed by atoms with Gasteiger partial charge in [-0.05, 0) is 24.5 Å². The predicted octanol–water partition coefficient (Wildman–Crippen LogP) is 1.07. The minimum atomic E-state index is -2.96. The van der Waals surface area contributed by atoms with Gasteiger partial charge >= 0.3 is 0 Å². The normalized spacial score (nSPS) is 15.2. The van der Waals surface area contributed by atoms with E-state index in [9.17, 15) is 8.42 Å². The summed E-state index contributed by atoms with van der Waals surface area (Å²) in [7, 11) is -2.96. The Bertz CT molecular complexity index is 659. The van der Waals surface area contributed by atoms with Gasteiger partial charge < -0.3 is 15.0 Å². The van der Waals surface area contributed by atoms with Gasteiger partial charge in [0.25, 0.3) is 0 Å². The van der Waals surface area contributed by atoms with Crippen molar-refractivity contribution < 1.29 is 13.2 Å². The number of ether oxygens (including phenoxy) is 1. The molecule has 1 aliphatic heterocycles. The summed E-state index contributed by atoms with van der Waals surface area (Å²) >= 11 is 0. The Kier molecular flexibility index (Phi) is 7.05. The minimum Gasteiger partial charge on any atom is -0.378 e. The smallest absolute Gasteiger partial charge is 0.194 e. The van der Waals surface area contributed by atoms with E-state index in [2.05, 4.69) is 46.4 Å². The lowest BCUT2D eigenvalue weighted by Crippen LogP contribution is -2.44. The van der Waals surface area contributed by atoms with Gasteiger partial charge in [0.05, 0.1) is 25.5 Å². The summed E-state index contributed by atoms with van der Waals surface area (Å²) in [6.07, 6.45) is 2.23. The van der Waals surface area contributed by atoms with Crippen molar-refractivity contribution in [1.29, 1.82) is 0 Å². The van der Waals surface area contributed by atoms with Crippen molar-refractivity contribution in [2.45, 2.75) is 19.9 Å². The van der Waals surface area contributed by atoms with Crippen LogP contribution in [0, 0.1) is 0 Å². The number of sulfone groups is 1. The molecule has 0 bridgehead atoms. The first-order chi connectivity index (χ1) is 11.5. The van der Waals surface area contributed by atoms with Crippen LogP contribution in [0.25, 0.3) is 0 Å². The average Bonchev–Trinajstić information content (AvgIpc) is 2.55. The molecule has 0 saturated carbocycles. The molecule has 1 N–H and O–H groups in total. The predicted molar refractivity (Wildman–Crippen MR) is 97.1 cm³/mol. The van der Waals surface area contributed by atoms with E-state index >= 15 is 0 Å². The van der Waals surface area contributed by atoms with Gasteiger partial charge in [-0.2, -0.15) is 0 Å². The first kappa shape index (κ1) is 18.7. The fraction of sp³-hybridized carbons (Fsp3) is 0.588. The Morgan fingerprint density at radius 3 is 2.75 bits per heavy atom. The van der Waals surface area contributed by atoms with E-state index in [1.165, 1.54) is 17.4 Å². The molecule has 0 radical (unpaired) electrons. The lowest BCUT2D eigenvalue weighted by Gasteiger charge is -2.31. The minimum absolute atomic E-state index is 0.0552. The molecule has 0 aliphatic carbocycles. The van der Waals surface area contributed by atoms with Crippen molar-refractivity contribution in [3.05, 3.63) is 35.4 Å². The zero-order valence-electron chi connectivity index (χ0n) is 14.5. The highest BCUT2D eigenvalue weighted by Gasteiger charge is 2.18. The molecule has 1 heterocycles. The standard InChI is InChI=1S/C17H27N3O3S/c1-3-18-17(19-9-11-23-12-13-24(2,21)22)20-10-8-15-6-4-5-7-16(15)14-20/h4-7H,3,8-14H2,1-2H3,(H,18,19). The van der Waals surface area contributed by atoms with Crippen molar-refractivity contribution >= 4 is 15.8 Å². The van der Waals surface area contributed by atoms with Gasteiger partial charge in [0, 0.05) is 25.9 Å². The molecule has 0 atom stereocenters. The van der Waals surface area contributed by atoms with Crippen LogP contribution < -0.4 is 5.32 Å². The topological polar surface area (TPSA) is 71.0 Å². The summed E-state index contributed by atoms with van der Waals surface area (Å²) in [5.41, 5.74) is 2.76. The van der Waals surface area contributed by atoms with Crippen molar-refractivity contribution in [2.75, 3.05) is 44.9 Å². The molecule has 134 valence electrons. The molecule has 0 fully saturated rings. The molecule has 1 aliphatic rings. The SMILES string of the molecule is CCNC(=NCCOCCS(C)(=O)=O)N1CCc2ccccc2C1. The molecule has 0 saturated heterocycles. The summed E-state index contributed by atoms with van der Waals surface area (Å²) in [4.78, 5) is 6.85. The van der Waals surface area contributed by atoms with Crippen LogP contribution in [-0.2, 0) is 27.5 Å². The van der Waals surface area contributed by atoms with Crippen LogP contribution in [0.15, 0.2) is 29.3 Å². The lowest BCUT2D eigenvalue weighted by atomic mass is 10.0. The first-order valence-corrected chi connectivity index (χ1v) is 10.4. The van der Waals surface area contributed by atoms with E-state index < -0.39 is 9.84 Å². The van der Waals surface area contributed by atoms with Crippen molar-refractivity contribution in [3.8, 4) is 0 Å². The fourth-order valence-corrected chi connectivity index (χ4v) is 3.05. The monoisotopic (exact) mass is 353 g/mol. The molecule has 0 unspecified atom stereocenters. The van der Waals surface area contributed by atoms with Crippen molar-refractivity contribution in [1.82, 2.24) is 10.2 Å². The summed E-state index contributed by atoms with van der Waals surface area (Å²) in [5, 5.41) is 3.32. The van der Waals surface area contributed by atoms with Gasteiger partial charge in [-0.25, -0.2) is 8.42 Å². The Morgan fingerprint density at radius 2 is 2.04 bits per heavy atom. The summed E-state index contributed by atoms with van der Waals surface area (Å²) in [5.74, 6) is 0.943. The maximum absolute atomic E-state index is 11.0. The van der Waals surface area contributed by atoms with Crippen LogP contribution in [0.5, 0.6) is 0 Å². The highest BCUT2D eigenvalue weighted by molar-refractivity contribution is 7.90. The Morgan fingerprint density at radius 1 is 1.29 bits per heavy atom. The molecule has 0 aromatic heterocycles. The van der Waals surface area contributed by atoms with Crippen molar-refractivity contribution in [3.63, 3.8) is 0 Å². The highest BCUT2D eigenvalue weighted by Crippen LogP contribution is 2.18. The number of rotatable bonds is 7. The van der Waals surface area contributed by atoms with E-state index in [4.69, 9.17) is 4.74 Å². The van der Waals surface area contributed by atoms with E-state index in [0.717, 1.165) is 32.0 Å². The maximum Gasteiger partial charge on any atom is 0.194 e. The Labute approximate surface area is 144 Å². The molecule has 1 aromatic carbocycles.